The van der Waals surface area contributed by atoms with E-state index >= 15 is 0 Å². The number of nitrogens with zero attached hydrogens (tertiary/aromatic N) is 4. The summed E-state index contributed by atoms with van der Waals surface area (Å²) in [5, 5.41) is 0. The van der Waals surface area contributed by atoms with Crippen molar-refractivity contribution in [1.29, 1.82) is 0 Å². The van der Waals surface area contributed by atoms with Crippen molar-refractivity contribution in [3.05, 3.63) is 467 Å². The summed E-state index contributed by atoms with van der Waals surface area (Å²) in [6.45, 7) is 19.0. The van der Waals surface area contributed by atoms with Crippen LogP contribution in [0.3, 0.4) is 0 Å². The maximum absolute atomic E-state index is 7.37. The molecule has 0 atom stereocenters. The molecule has 0 amide bonds. The van der Waals surface area contributed by atoms with E-state index in [1.807, 2.05) is 12.1 Å². The fourth-order valence-electron chi connectivity index (χ4n) is 34.7. The van der Waals surface area contributed by atoms with E-state index in [4.69, 9.17) is 6.57 Å². The van der Waals surface area contributed by atoms with Gasteiger partial charge in [0.2, 0.25) is 0 Å². The summed E-state index contributed by atoms with van der Waals surface area (Å²) in [7, 11) is 0. The van der Waals surface area contributed by atoms with Crippen molar-refractivity contribution < 1.29 is 0 Å². The van der Waals surface area contributed by atoms with Crippen LogP contribution in [0.2, 0.25) is 0 Å². The molecule has 0 N–H and O–H groups in total. The summed E-state index contributed by atoms with van der Waals surface area (Å²) in [5.41, 5.74) is 48.7. The standard InChI is InChI=1S/C52H49N.C50H42N2.C44H43N/c1-3-9-37(10-4-1)39-15-17-40(18-16-39)42-21-25-46(26-22-42)53(45-23-19-41(20-24-45)38-11-5-2-6-12-38)47-27-28-51-49(34-47)48-13-7-8-14-50(48)52(51)43-30-35-29-36(32-43)33-44(52)31-35;1-49(2)45-10-6-4-8-41(45)43-22-20-40(30-48(43)49)52(38-18-14-34(15-19-38)33-12-16-37(51-3)17-13-33)39-21-23-47-44(29-39)42-9-5-7-11-46(42)50(47)35-25-31-24-32(27-35)28-36(50)26-31;1-43(2,3)33-15-19-37(20-16-33)45(36-17-13-32(14-18-36)31-9-5-4-6-10-31)38-21-22-42-40(28-38)39-11-7-8-12-41(39)44(42)34-24-29-23-30(26-34)27-35(44)25-29/h2,5-8,11-28,34-37,43-44H,1,3-4,9-10,29-33H2;4-23,29-32,35-36H,24-28H2,1-2H3;4-22,28-30,34-35H,23-27H2,1-3H3. The lowest BCUT2D eigenvalue weighted by Gasteiger charge is -2.61. The zero-order valence-electron chi connectivity index (χ0n) is 87.5. The van der Waals surface area contributed by atoms with E-state index in [0.717, 1.165) is 93.7 Å². The Morgan fingerprint density at radius 2 is 0.480 bits per heavy atom. The summed E-state index contributed by atoms with van der Waals surface area (Å²) in [6.07, 6.45) is 28.2. The monoisotopic (exact) mass is 1940 g/mol. The fraction of sp³-hybridized carbons (Fsp3) is 0.295. The highest BCUT2D eigenvalue weighted by Crippen LogP contribution is 2.74. The van der Waals surface area contributed by atoms with Crippen LogP contribution in [0.1, 0.15) is 225 Å². The zero-order chi connectivity index (χ0) is 100. The van der Waals surface area contributed by atoms with Crippen molar-refractivity contribution in [2.75, 3.05) is 14.7 Å². The van der Waals surface area contributed by atoms with Gasteiger partial charge in [0.05, 0.1) is 6.57 Å². The highest BCUT2D eigenvalue weighted by Gasteiger charge is 2.65. The van der Waals surface area contributed by atoms with Crippen molar-refractivity contribution >= 4 is 56.9 Å². The average Bonchev–Trinajstić information content (AvgIpc) is 1.51. The molecule has 150 heavy (non-hydrogen) atoms. The number of hydrogen-bond acceptors (Lipinski definition) is 3. The van der Waals surface area contributed by atoms with Gasteiger partial charge in [-0.15, -0.1) is 0 Å². The van der Waals surface area contributed by atoms with Crippen LogP contribution in [0, 0.1) is 77.6 Å². The largest absolute Gasteiger partial charge is 0.310 e. The van der Waals surface area contributed by atoms with Crippen LogP contribution in [-0.4, -0.2) is 0 Å². The van der Waals surface area contributed by atoms with Crippen molar-refractivity contribution in [2.24, 2.45) is 71.0 Å². The van der Waals surface area contributed by atoms with Crippen LogP contribution in [0.4, 0.5) is 56.9 Å². The second-order valence-electron chi connectivity index (χ2n) is 49.6. The second-order valence-corrected chi connectivity index (χ2v) is 49.6. The molecule has 0 aromatic heterocycles. The smallest absolute Gasteiger partial charge is 0.187 e. The predicted molar refractivity (Wildman–Crippen MR) is 623 cm³/mol. The Morgan fingerprint density at radius 3 is 0.813 bits per heavy atom. The Kier molecular flexibility index (Phi) is 22.0. The van der Waals surface area contributed by atoms with E-state index in [1.165, 1.54) is 274 Å². The molecule has 0 saturated heterocycles. The van der Waals surface area contributed by atoms with E-state index in [0.29, 0.717) is 5.69 Å². The molecule has 0 radical (unpaired) electrons. The van der Waals surface area contributed by atoms with Gasteiger partial charge in [-0.2, -0.15) is 0 Å². The van der Waals surface area contributed by atoms with Crippen molar-refractivity contribution in [2.45, 2.75) is 196 Å². The van der Waals surface area contributed by atoms with Gasteiger partial charge in [-0.3, -0.25) is 0 Å². The van der Waals surface area contributed by atoms with E-state index in [1.54, 1.807) is 33.4 Å². The number of rotatable bonds is 14. The van der Waals surface area contributed by atoms with Crippen LogP contribution in [0.25, 0.3) is 93.9 Å². The lowest BCUT2D eigenvalue weighted by Crippen LogP contribution is -2.55. The maximum atomic E-state index is 7.37. The van der Waals surface area contributed by atoms with Crippen molar-refractivity contribution in [3.8, 4) is 89.0 Å². The molecule has 12 bridgehead atoms. The second kappa shape index (κ2) is 35.9. The first kappa shape index (κ1) is 91.8. The summed E-state index contributed by atoms with van der Waals surface area (Å²) in [4.78, 5) is 11.0. The SMILES string of the molecule is CC(C)(C)c1ccc(N(c2ccc(-c3ccccc3)cc2)c2ccc3c(c2)-c2ccccc2C32C3CC4CC(C3)CC2C4)cc1.[C-]#[N+]c1ccc(-c2ccc(N(c3ccc4c(c3)-c3ccccc3C43C4CC5CC(C4)CC3C5)c3ccc4c(c3)C(C)(C)c3ccccc3-4)cc2)cc1.c1ccc(-c2ccc(N(c3ccc(-c4ccc(C5CCCCC5)cc4)cc3)c3ccc4c(c3)-c3ccccc3C43C4CC5CC(C4)CC3C5)cc2)cc1. The van der Waals surface area contributed by atoms with Crippen LogP contribution in [0.5, 0.6) is 0 Å². The molecule has 13 fully saturated rings. The Balaban J connectivity index is 0.000000106. The lowest BCUT2D eigenvalue weighted by atomic mass is 9.43. The summed E-state index contributed by atoms with van der Waals surface area (Å²) < 4.78 is 0. The molecule has 34 rings (SSSR count). The summed E-state index contributed by atoms with van der Waals surface area (Å²) in [6, 6.07) is 152. The average molecular weight is 1940 g/mol. The van der Waals surface area contributed by atoms with Crippen LogP contribution in [-0.2, 0) is 27.1 Å². The number of fused-ring (bicyclic) bond motifs is 12. The maximum Gasteiger partial charge on any atom is 0.187 e. The molecular weight excluding hydrogens is 1810 g/mol. The quantitative estimate of drug-likeness (QED) is 0.101. The Bertz CT molecular complexity index is 8020. The van der Waals surface area contributed by atoms with E-state index in [9.17, 15) is 0 Å². The number of anilines is 9. The predicted octanol–water partition coefficient (Wildman–Crippen LogP) is 39.5. The molecule has 17 aromatic carbocycles. The number of benzene rings is 17. The van der Waals surface area contributed by atoms with Crippen LogP contribution < -0.4 is 14.7 Å². The third-order valence-electron chi connectivity index (χ3n) is 40.6. The van der Waals surface area contributed by atoms with Crippen LogP contribution in [0.15, 0.2) is 400 Å². The van der Waals surface area contributed by atoms with Gasteiger partial charge in [0, 0.05) is 72.8 Å². The first-order valence-corrected chi connectivity index (χ1v) is 57.1. The zero-order valence-corrected chi connectivity index (χ0v) is 87.5. The minimum absolute atomic E-state index is 0.0856. The van der Waals surface area contributed by atoms with Gasteiger partial charge in [-0.1, -0.05) is 345 Å². The summed E-state index contributed by atoms with van der Waals surface area (Å²) in [5.74, 6) is 11.0. The number of hydrogen-bond donors (Lipinski definition) is 0. The van der Waals surface area contributed by atoms with Gasteiger partial charge >= 0.3 is 0 Å². The van der Waals surface area contributed by atoms with E-state index in [-0.39, 0.29) is 27.1 Å². The van der Waals surface area contributed by atoms with Gasteiger partial charge in [0.1, 0.15) is 0 Å². The topological polar surface area (TPSA) is 14.1 Å². The highest BCUT2D eigenvalue weighted by molar-refractivity contribution is 5.94. The van der Waals surface area contributed by atoms with Crippen molar-refractivity contribution in [3.63, 3.8) is 0 Å². The normalized spacial score (nSPS) is 25.3. The Hall–Kier alpha value is -14.4. The molecule has 17 aliphatic rings. The lowest BCUT2D eigenvalue weighted by molar-refractivity contribution is -0.0399. The molecule has 3 spiro atoms. The first-order chi connectivity index (χ1) is 73.5. The molecule has 0 heterocycles. The molecular formula is C146H134N4. The molecule has 738 valence electrons. The molecule has 4 nitrogen and oxygen atoms in total. The molecule has 0 aliphatic heterocycles. The Labute approximate surface area is 888 Å². The van der Waals surface area contributed by atoms with Gasteiger partial charge < -0.3 is 14.7 Å². The fourth-order valence-corrected chi connectivity index (χ4v) is 34.7. The first-order valence-electron chi connectivity index (χ1n) is 57.1. The molecule has 13 saturated carbocycles. The minimum atomic E-state index is -0.0856. The molecule has 17 aliphatic carbocycles. The van der Waals surface area contributed by atoms with Gasteiger partial charge in [-0.25, -0.2) is 4.85 Å². The van der Waals surface area contributed by atoms with Crippen molar-refractivity contribution in [1.82, 2.24) is 0 Å². The van der Waals surface area contributed by atoms with Gasteiger partial charge in [0.25, 0.3) is 0 Å². The highest BCUT2D eigenvalue weighted by atomic mass is 15.2. The third-order valence-corrected chi connectivity index (χ3v) is 40.6. The molecule has 0 unspecified atom stereocenters. The van der Waals surface area contributed by atoms with E-state index < -0.39 is 0 Å². The minimum Gasteiger partial charge on any atom is -0.310 e. The van der Waals surface area contributed by atoms with Crippen LogP contribution >= 0.6 is 0 Å². The van der Waals surface area contributed by atoms with Gasteiger partial charge in [-0.05, 0) is 445 Å². The molecule has 4 heteroatoms. The third kappa shape index (κ3) is 14.7. The van der Waals surface area contributed by atoms with E-state index in [2.05, 4.69) is 442 Å². The van der Waals surface area contributed by atoms with Gasteiger partial charge in [0.15, 0.2) is 5.69 Å². The summed E-state index contributed by atoms with van der Waals surface area (Å²) >= 11 is 0. The Morgan fingerprint density at radius 1 is 0.227 bits per heavy atom. The molecule has 17 aromatic rings.